The zero-order valence-corrected chi connectivity index (χ0v) is 7.97. The molecule has 0 radical (unpaired) electrons. The normalized spacial score (nSPS) is 21.0. The van der Waals surface area contributed by atoms with Crippen LogP contribution in [-0.2, 0) is 11.2 Å². The summed E-state index contributed by atoms with van der Waals surface area (Å²) < 4.78 is 18.5. The number of benzene rings is 1. The summed E-state index contributed by atoms with van der Waals surface area (Å²) in [7, 11) is 0. The molecule has 0 amide bonds. The van der Waals surface area contributed by atoms with Gasteiger partial charge in [0, 0.05) is 6.42 Å². The molecule has 1 atom stereocenters. The molecule has 0 spiro atoms. The quantitative estimate of drug-likeness (QED) is 0.712. The van der Waals surface area contributed by atoms with Gasteiger partial charge in [0.1, 0.15) is 5.82 Å². The Morgan fingerprint density at radius 2 is 2.33 bits per heavy atom. The topological polar surface area (TPSA) is 12.5 Å². The van der Waals surface area contributed by atoms with E-state index in [9.17, 15) is 4.39 Å². The molecule has 1 aliphatic rings. The molecule has 0 aromatic heterocycles. The first-order valence-electron chi connectivity index (χ1n) is 3.81. The van der Waals surface area contributed by atoms with E-state index in [-0.39, 0.29) is 5.82 Å². The van der Waals surface area contributed by atoms with Gasteiger partial charge in [-0.3, -0.25) is 0 Å². The summed E-state index contributed by atoms with van der Waals surface area (Å²) in [6.45, 7) is 0.817. The van der Waals surface area contributed by atoms with E-state index in [1.165, 1.54) is 0 Å². The number of epoxide rings is 1. The maximum Gasteiger partial charge on any atom is 0.137 e. The Bertz CT molecular complexity index is 297. The number of ether oxygens (including phenoxy) is 1. The van der Waals surface area contributed by atoms with Gasteiger partial charge in [-0.2, -0.15) is 0 Å². The lowest BCUT2D eigenvalue weighted by Gasteiger charge is -1.99. The van der Waals surface area contributed by atoms with E-state index in [1.54, 1.807) is 12.1 Å². The van der Waals surface area contributed by atoms with E-state index in [2.05, 4.69) is 15.9 Å². The van der Waals surface area contributed by atoms with E-state index in [1.807, 2.05) is 6.07 Å². The fraction of sp³-hybridized carbons (Fsp3) is 0.333. The van der Waals surface area contributed by atoms with E-state index in [4.69, 9.17) is 4.74 Å². The summed E-state index contributed by atoms with van der Waals surface area (Å²) in [5.41, 5.74) is 0.998. The van der Waals surface area contributed by atoms with E-state index in [0.717, 1.165) is 18.6 Å². The third kappa shape index (κ3) is 1.84. The summed E-state index contributed by atoms with van der Waals surface area (Å²) in [5, 5.41) is 0. The molecular formula is C9H8BrFO. The first kappa shape index (κ1) is 8.20. The number of halogens is 2. The molecule has 0 N–H and O–H groups in total. The maximum absolute atomic E-state index is 13.0. The smallest absolute Gasteiger partial charge is 0.137 e. The molecule has 1 aromatic rings. The lowest BCUT2D eigenvalue weighted by molar-refractivity contribution is 0.407. The minimum absolute atomic E-state index is 0.201. The standard InChI is InChI=1S/C9H8BrFO/c10-8-2-1-6(4-9(8)11)3-7-5-12-7/h1-2,4,7H,3,5H2. The monoisotopic (exact) mass is 230 g/mol. The summed E-state index contributed by atoms with van der Waals surface area (Å²) in [6.07, 6.45) is 1.15. The first-order chi connectivity index (χ1) is 5.75. The van der Waals surface area contributed by atoms with Gasteiger partial charge >= 0.3 is 0 Å². The Morgan fingerprint density at radius 3 is 2.92 bits per heavy atom. The van der Waals surface area contributed by atoms with Crippen molar-refractivity contribution in [2.75, 3.05) is 6.61 Å². The largest absolute Gasteiger partial charge is 0.373 e. The van der Waals surface area contributed by atoms with Gasteiger partial charge in [-0.05, 0) is 33.6 Å². The van der Waals surface area contributed by atoms with Crippen molar-refractivity contribution < 1.29 is 9.13 Å². The number of hydrogen-bond donors (Lipinski definition) is 0. The zero-order chi connectivity index (χ0) is 8.55. The highest BCUT2D eigenvalue weighted by Gasteiger charge is 2.22. The second-order valence-electron chi connectivity index (χ2n) is 2.91. The molecular weight excluding hydrogens is 223 g/mol. The molecule has 64 valence electrons. The van der Waals surface area contributed by atoms with Gasteiger partial charge in [-0.15, -0.1) is 0 Å². The van der Waals surface area contributed by atoms with Crippen LogP contribution in [-0.4, -0.2) is 12.7 Å². The van der Waals surface area contributed by atoms with Crippen molar-refractivity contribution >= 4 is 15.9 Å². The SMILES string of the molecule is Fc1cc(CC2CO2)ccc1Br. The van der Waals surface area contributed by atoms with Crippen LogP contribution in [0.15, 0.2) is 22.7 Å². The Morgan fingerprint density at radius 1 is 1.58 bits per heavy atom. The van der Waals surface area contributed by atoms with Gasteiger partial charge in [0.25, 0.3) is 0 Å². The highest BCUT2D eigenvalue weighted by molar-refractivity contribution is 9.10. The molecule has 1 heterocycles. The lowest BCUT2D eigenvalue weighted by Crippen LogP contribution is -1.93. The van der Waals surface area contributed by atoms with Crippen LogP contribution in [0.2, 0.25) is 0 Å². The molecule has 1 fully saturated rings. The molecule has 1 unspecified atom stereocenters. The Kier molecular flexibility index (Phi) is 2.15. The molecule has 0 saturated carbocycles. The molecule has 3 heteroatoms. The van der Waals surface area contributed by atoms with Crippen LogP contribution in [0.3, 0.4) is 0 Å². The fourth-order valence-electron chi connectivity index (χ4n) is 1.12. The molecule has 12 heavy (non-hydrogen) atoms. The van der Waals surface area contributed by atoms with E-state index >= 15 is 0 Å². The molecule has 1 aromatic carbocycles. The predicted octanol–water partition coefficient (Wildman–Crippen LogP) is 2.53. The van der Waals surface area contributed by atoms with Crippen LogP contribution in [0.25, 0.3) is 0 Å². The van der Waals surface area contributed by atoms with E-state index in [0.29, 0.717) is 10.6 Å². The van der Waals surface area contributed by atoms with Crippen molar-refractivity contribution in [2.24, 2.45) is 0 Å². The van der Waals surface area contributed by atoms with Gasteiger partial charge in [0.05, 0.1) is 17.2 Å². The van der Waals surface area contributed by atoms with Crippen LogP contribution in [0.1, 0.15) is 5.56 Å². The highest BCUT2D eigenvalue weighted by Crippen LogP contribution is 2.20. The summed E-state index contributed by atoms with van der Waals surface area (Å²) >= 11 is 3.10. The van der Waals surface area contributed by atoms with Crippen molar-refractivity contribution in [2.45, 2.75) is 12.5 Å². The highest BCUT2D eigenvalue weighted by atomic mass is 79.9. The maximum atomic E-state index is 13.0. The molecule has 1 aliphatic heterocycles. The van der Waals surface area contributed by atoms with Gasteiger partial charge in [0.2, 0.25) is 0 Å². The van der Waals surface area contributed by atoms with Crippen molar-refractivity contribution in [1.82, 2.24) is 0 Å². The summed E-state index contributed by atoms with van der Waals surface area (Å²) in [4.78, 5) is 0. The summed E-state index contributed by atoms with van der Waals surface area (Å²) in [6, 6.07) is 5.19. The Balaban J connectivity index is 2.15. The van der Waals surface area contributed by atoms with Gasteiger partial charge < -0.3 is 4.74 Å². The Hall–Kier alpha value is -0.410. The zero-order valence-electron chi connectivity index (χ0n) is 6.39. The van der Waals surface area contributed by atoms with Gasteiger partial charge in [-0.1, -0.05) is 6.07 Å². The third-order valence-electron chi connectivity index (χ3n) is 1.85. The van der Waals surface area contributed by atoms with Crippen molar-refractivity contribution in [3.63, 3.8) is 0 Å². The minimum atomic E-state index is -0.201. The van der Waals surface area contributed by atoms with E-state index < -0.39 is 0 Å². The fourth-order valence-corrected chi connectivity index (χ4v) is 1.36. The Labute approximate surface area is 78.7 Å². The van der Waals surface area contributed by atoms with Crippen LogP contribution < -0.4 is 0 Å². The average Bonchev–Trinajstić information content (AvgIpc) is 2.81. The lowest BCUT2D eigenvalue weighted by atomic mass is 10.1. The van der Waals surface area contributed by atoms with Crippen LogP contribution >= 0.6 is 15.9 Å². The number of hydrogen-bond acceptors (Lipinski definition) is 1. The van der Waals surface area contributed by atoms with Crippen LogP contribution in [0.5, 0.6) is 0 Å². The second-order valence-corrected chi connectivity index (χ2v) is 3.76. The van der Waals surface area contributed by atoms with Crippen LogP contribution in [0, 0.1) is 5.82 Å². The van der Waals surface area contributed by atoms with Crippen molar-refractivity contribution in [1.29, 1.82) is 0 Å². The average molecular weight is 231 g/mol. The van der Waals surface area contributed by atoms with Crippen LogP contribution in [0.4, 0.5) is 4.39 Å². The molecule has 0 aliphatic carbocycles. The van der Waals surface area contributed by atoms with Gasteiger partial charge in [-0.25, -0.2) is 4.39 Å². The molecule has 0 bridgehead atoms. The molecule has 2 rings (SSSR count). The molecule has 1 saturated heterocycles. The molecule has 1 nitrogen and oxygen atoms in total. The minimum Gasteiger partial charge on any atom is -0.373 e. The van der Waals surface area contributed by atoms with Crippen molar-refractivity contribution in [3.05, 3.63) is 34.1 Å². The second kappa shape index (κ2) is 3.15. The third-order valence-corrected chi connectivity index (χ3v) is 2.49. The summed E-state index contributed by atoms with van der Waals surface area (Å²) in [5.74, 6) is -0.201. The van der Waals surface area contributed by atoms with Crippen molar-refractivity contribution in [3.8, 4) is 0 Å². The first-order valence-corrected chi connectivity index (χ1v) is 4.60. The van der Waals surface area contributed by atoms with Gasteiger partial charge in [0.15, 0.2) is 0 Å². The predicted molar refractivity (Wildman–Crippen MR) is 47.5 cm³/mol. The number of rotatable bonds is 2.